The molecule has 1 aromatic rings. The molecule has 1 saturated heterocycles. The molecule has 0 atom stereocenters. The lowest BCUT2D eigenvalue weighted by Gasteiger charge is -2.25. The van der Waals surface area contributed by atoms with Crippen LogP contribution in [0.5, 0.6) is 0 Å². The summed E-state index contributed by atoms with van der Waals surface area (Å²) in [4.78, 5) is 13.7. The van der Waals surface area contributed by atoms with Crippen molar-refractivity contribution in [1.29, 1.82) is 0 Å². The molecule has 2 nitrogen and oxygen atoms in total. The lowest BCUT2D eigenvalue weighted by molar-refractivity contribution is -0.121. The average Bonchev–Trinajstić information content (AvgIpc) is 2.58. The molecule has 0 bridgehead atoms. The van der Waals surface area contributed by atoms with Crippen molar-refractivity contribution in [2.75, 3.05) is 19.6 Å². The zero-order valence-corrected chi connectivity index (χ0v) is 14.9. The number of aryl methyl sites for hydroxylation is 1. The van der Waals surface area contributed by atoms with Crippen LogP contribution in [0.25, 0.3) is 0 Å². The zero-order chi connectivity index (χ0) is 16.3. The molecular weight excluding hydrogens is 282 g/mol. The van der Waals surface area contributed by atoms with Crippen LogP contribution in [0.2, 0.25) is 0 Å². The molecule has 128 valence electrons. The SMILES string of the molecule is CCCCCCCCc1ccc(CCN2CCC(=O)CC2)cc1. The highest BCUT2D eigenvalue weighted by atomic mass is 16.1. The molecule has 1 aromatic carbocycles. The van der Waals surface area contributed by atoms with Gasteiger partial charge in [-0.15, -0.1) is 0 Å². The molecule has 0 aliphatic carbocycles. The third kappa shape index (κ3) is 7.30. The summed E-state index contributed by atoms with van der Waals surface area (Å²) in [5.74, 6) is 0.431. The quantitative estimate of drug-likeness (QED) is 0.578. The first-order valence-corrected chi connectivity index (χ1v) is 9.60. The number of benzene rings is 1. The maximum Gasteiger partial charge on any atom is 0.135 e. The Balaban J connectivity index is 1.61. The Bertz CT molecular complexity index is 441. The van der Waals surface area contributed by atoms with E-state index < -0.39 is 0 Å². The fourth-order valence-electron chi connectivity index (χ4n) is 3.30. The van der Waals surface area contributed by atoms with Gasteiger partial charge in [0.15, 0.2) is 0 Å². The number of carbonyl (C=O) groups is 1. The van der Waals surface area contributed by atoms with E-state index >= 15 is 0 Å². The lowest BCUT2D eigenvalue weighted by atomic mass is 10.0. The van der Waals surface area contributed by atoms with Gasteiger partial charge in [0.2, 0.25) is 0 Å². The van der Waals surface area contributed by atoms with Gasteiger partial charge in [-0.2, -0.15) is 0 Å². The molecule has 0 N–H and O–H groups in total. The van der Waals surface area contributed by atoms with E-state index in [0.717, 1.165) is 38.9 Å². The third-order valence-corrected chi connectivity index (χ3v) is 4.97. The van der Waals surface area contributed by atoms with E-state index in [1.165, 1.54) is 56.1 Å². The number of unbranched alkanes of at least 4 members (excludes halogenated alkanes) is 5. The summed E-state index contributed by atoms with van der Waals surface area (Å²) in [5, 5.41) is 0. The highest BCUT2D eigenvalue weighted by molar-refractivity contribution is 5.79. The first-order valence-electron chi connectivity index (χ1n) is 9.60. The van der Waals surface area contributed by atoms with E-state index in [9.17, 15) is 4.79 Å². The Morgan fingerprint density at radius 2 is 1.39 bits per heavy atom. The van der Waals surface area contributed by atoms with Gasteiger partial charge in [-0.1, -0.05) is 63.3 Å². The zero-order valence-electron chi connectivity index (χ0n) is 14.9. The van der Waals surface area contributed by atoms with Crippen molar-refractivity contribution in [2.45, 2.75) is 71.1 Å². The summed E-state index contributed by atoms with van der Waals surface area (Å²) in [6.07, 6.45) is 12.0. The van der Waals surface area contributed by atoms with Crippen molar-refractivity contribution < 1.29 is 4.79 Å². The standard InChI is InChI=1S/C21H33NO/c1-2-3-4-5-6-7-8-19-9-11-20(12-10-19)13-16-22-17-14-21(23)15-18-22/h9-12H,2-8,13-18H2,1H3. The second-order valence-electron chi connectivity index (χ2n) is 6.96. The van der Waals surface area contributed by atoms with Crippen molar-refractivity contribution >= 4 is 5.78 Å². The molecule has 0 amide bonds. The van der Waals surface area contributed by atoms with Crippen molar-refractivity contribution in [3.8, 4) is 0 Å². The summed E-state index contributed by atoms with van der Waals surface area (Å²) in [6.45, 7) is 5.26. The Kier molecular flexibility index (Phi) is 8.38. The minimum atomic E-state index is 0.431. The molecule has 0 aromatic heterocycles. The minimum absolute atomic E-state index is 0.431. The summed E-state index contributed by atoms with van der Waals surface area (Å²) in [5.41, 5.74) is 2.90. The van der Waals surface area contributed by atoms with Gasteiger partial charge in [0.1, 0.15) is 5.78 Å². The van der Waals surface area contributed by atoms with E-state index in [1.54, 1.807) is 0 Å². The van der Waals surface area contributed by atoms with Crippen molar-refractivity contribution in [3.63, 3.8) is 0 Å². The van der Waals surface area contributed by atoms with Crippen molar-refractivity contribution in [3.05, 3.63) is 35.4 Å². The summed E-state index contributed by atoms with van der Waals surface area (Å²) >= 11 is 0. The maximum atomic E-state index is 11.3. The van der Waals surface area contributed by atoms with Crippen LogP contribution in [0.3, 0.4) is 0 Å². The van der Waals surface area contributed by atoms with Gasteiger partial charge in [0.05, 0.1) is 0 Å². The predicted octanol–water partition coefficient (Wildman–Crippen LogP) is 4.80. The van der Waals surface area contributed by atoms with Crippen LogP contribution in [0.1, 0.15) is 69.4 Å². The molecule has 2 rings (SSSR count). The largest absolute Gasteiger partial charge is 0.302 e. The molecule has 1 fully saturated rings. The molecule has 0 saturated carbocycles. The Morgan fingerprint density at radius 1 is 0.826 bits per heavy atom. The molecule has 0 unspecified atom stereocenters. The van der Waals surface area contributed by atoms with Crippen molar-refractivity contribution in [2.24, 2.45) is 0 Å². The number of Topliss-reactive ketones (excluding diaryl/α,β-unsaturated/α-hetero) is 1. The number of carbonyl (C=O) groups excluding carboxylic acids is 1. The fraction of sp³-hybridized carbons (Fsp3) is 0.667. The van der Waals surface area contributed by atoms with Crippen LogP contribution >= 0.6 is 0 Å². The Hall–Kier alpha value is -1.15. The monoisotopic (exact) mass is 315 g/mol. The number of rotatable bonds is 10. The molecular formula is C21H33NO. The van der Waals surface area contributed by atoms with Crippen LogP contribution in [0.15, 0.2) is 24.3 Å². The number of piperidine rings is 1. The van der Waals surface area contributed by atoms with Gasteiger partial charge in [0.25, 0.3) is 0 Å². The smallest absolute Gasteiger partial charge is 0.135 e. The highest BCUT2D eigenvalue weighted by Gasteiger charge is 2.15. The highest BCUT2D eigenvalue weighted by Crippen LogP contribution is 2.12. The van der Waals surface area contributed by atoms with Gasteiger partial charge in [0, 0.05) is 32.5 Å². The van der Waals surface area contributed by atoms with Gasteiger partial charge in [-0.3, -0.25) is 4.79 Å². The summed E-state index contributed by atoms with van der Waals surface area (Å²) in [6, 6.07) is 9.20. The summed E-state index contributed by atoms with van der Waals surface area (Å²) in [7, 11) is 0. The van der Waals surface area contributed by atoms with Crippen LogP contribution in [-0.4, -0.2) is 30.3 Å². The molecule has 1 aliphatic heterocycles. The first-order chi connectivity index (χ1) is 11.3. The molecule has 1 heterocycles. The van der Waals surface area contributed by atoms with E-state index in [4.69, 9.17) is 0 Å². The Labute approximate surface area is 142 Å². The van der Waals surface area contributed by atoms with Gasteiger partial charge < -0.3 is 4.90 Å². The molecule has 0 spiro atoms. The molecule has 1 aliphatic rings. The predicted molar refractivity (Wildman–Crippen MR) is 97.9 cm³/mol. The average molecular weight is 316 g/mol. The minimum Gasteiger partial charge on any atom is -0.302 e. The van der Waals surface area contributed by atoms with E-state index in [-0.39, 0.29) is 0 Å². The third-order valence-electron chi connectivity index (χ3n) is 4.97. The van der Waals surface area contributed by atoms with Gasteiger partial charge >= 0.3 is 0 Å². The topological polar surface area (TPSA) is 20.3 Å². The molecule has 23 heavy (non-hydrogen) atoms. The van der Waals surface area contributed by atoms with E-state index in [2.05, 4.69) is 36.1 Å². The van der Waals surface area contributed by atoms with Crippen LogP contribution < -0.4 is 0 Å². The van der Waals surface area contributed by atoms with Crippen LogP contribution in [-0.2, 0) is 17.6 Å². The van der Waals surface area contributed by atoms with Gasteiger partial charge in [-0.05, 0) is 30.4 Å². The maximum absolute atomic E-state index is 11.3. The normalized spacial score (nSPS) is 16.0. The number of hydrogen-bond acceptors (Lipinski definition) is 2. The Morgan fingerprint density at radius 3 is 2.04 bits per heavy atom. The van der Waals surface area contributed by atoms with Crippen LogP contribution in [0.4, 0.5) is 0 Å². The van der Waals surface area contributed by atoms with Crippen LogP contribution in [0, 0.1) is 0 Å². The fourth-order valence-corrected chi connectivity index (χ4v) is 3.30. The van der Waals surface area contributed by atoms with Gasteiger partial charge in [-0.25, -0.2) is 0 Å². The second kappa shape index (κ2) is 10.6. The van der Waals surface area contributed by atoms with Crippen molar-refractivity contribution in [1.82, 2.24) is 4.90 Å². The second-order valence-corrected chi connectivity index (χ2v) is 6.96. The number of likely N-dealkylation sites (tertiary alicyclic amines) is 1. The molecule has 0 radical (unpaired) electrons. The first kappa shape index (κ1) is 18.2. The number of nitrogens with zero attached hydrogens (tertiary/aromatic N) is 1. The summed E-state index contributed by atoms with van der Waals surface area (Å²) < 4.78 is 0. The van der Waals surface area contributed by atoms with E-state index in [1.807, 2.05) is 0 Å². The van der Waals surface area contributed by atoms with E-state index in [0.29, 0.717) is 5.78 Å². The molecule has 2 heteroatoms. The number of hydrogen-bond donors (Lipinski definition) is 0. The lowest BCUT2D eigenvalue weighted by Crippen LogP contribution is -2.35. The number of ketones is 1.